The molecule has 0 aliphatic heterocycles. The Morgan fingerprint density at radius 3 is 1.83 bits per heavy atom. The molecule has 2 rings (SSSR count). The van der Waals surface area contributed by atoms with Gasteiger partial charge in [0.25, 0.3) is 0 Å². The van der Waals surface area contributed by atoms with Gasteiger partial charge in [0.05, 0.1) is 0 Å². The van der Waals surface area contributed by atoms with E-state index in [0.29, 0.717) is 13.0 Å². The second-order valence-electron chi connectivity index (χ2n) is 10.4. The number of H-pyrrole nitrogens is 1. The Labute approximate surface area is 214 Å². The van der Waals surface area contributed by atoms with E-state index in [-0.39, 0.29) is 11.7 Å². The summed E-state index contributed by atoms with van der Waals surface area (Å²) < 4.78 is 0. The van der Waals surface area contributed by atoms with Crippen LogP contribution in [0.1, 0.15) is 134 Å². The Morgan fingerprint density at radius 1 is 0.771 bits per heavy atom. The van der Waals surface area contributed by atoms with Crippen LogP contribution in [0.5, 0.6) is 5.75 Å². The smallest absolute Gasteiger partial charge is 0.220 e. The summed E-state index contributed by atoms with van der Waals surface area (Å²) in [5.74, 6) is 0.431. The van der Waals surface area contributed by atoms with Crippen LogP contribution >= 0.6 is 0 Å². The first kappa shape index (κ1) is 29.3. The maximum Gasteiger partial charge on any atom is 0.220 e. The summed E-state index contributed by atoms with van der Waals surface area (Å²) in [7, 11) is 0. The number of carbonyl (C=O) groups is 1. The summed E-state index contributed by atoms with van der Waals surface area (Å²) >= 11 is 0. The van der Waals surface area contributed by atoms with Gasteiger partial charge in [-0.3, -0.25) is 4.79 Å². The standard InChI is InChI=1S/C31H52N2O2/c1-2-3-4-5-6-7-8-9-10-11-12-13-14-15-16-17-18-19-20-31(35)32-24-23-27-26-33-30-22-21-28(34)25-29(27)30/h21-22,25-26,33-34H,2-20,23-24H2,1H3,(H,32,35). The molecule has 4 heteroatoms. The minimum Gasteiger partial charge on any atom is -0.508 e. The molecular formula is C31H52N2O2. The van der Waals surface area contributed by atoms with E-state index in [9.17, 15) is 9.90 Å². The number of rotatable bonds is 22. The number of hydrogen-bond acceptors (Lipinski definition) is 2. The largest absolute Gasteiger partial charge is 0.508 e. The molecule has 0 fully saturated rings. The van der Waals surface area contributed by atoms with Gasteiger partial charge in [0.2, 0.25) is 5.91 Å². The highest BCUT2D eigenvalue weighted by Gasteiger charge is 2.06. The fourth-order valence-electron chi connectivity index (χ4n) is 4.99. The SMILES string of the molecule is CCCCCCCCCCCCCCCCCCCCC(=O)NCCc1c[nH]c2ccc(O)cc12. The molecule has 0 radical (unpaired) electrons. The van der Waals surface area contributed by atoms with Crippen molar-refractivity contribution in [3.05, 3.63) is 30.0 Å². The van der Waals surface area contributed by atoms with Crippen LogP contribution in [0.4, 0.5) is 0 Å². The van der Waals surface area contributed by atoms with Crippen LogP contribution in [-0.2, 0) is 11.2 Å². The van der Waals surface area contributed by atoms with Gasteiger partial charge in [-0.2, -0.15) is 0 Å². The average molecular weight is 485 g/mol. The van der Waals surface area contributed by atoms with Gasteiger partial charge in [-0.05, 0) is 36.6 Å². The lowest BCUT2D eigenvalue weighted by Gasteiger charge is -2.06. The molecule has 1 aromatic heterocycles. The van der Waals surface area contributed by atoms with Crippen LogP contribution in [0.2, 0.25) is 0 Å². The Kier molecular flexibility index (Phi) is 16.1. The molecule has 0 saturated heterocycles. The molecule has 0 aliphatic carbocycles. The first-order valence-electron chi connectivity index (χ1n) is 14.8. The van der Waals surface area contributed by atoms with Crippen molar-refractivity contribution in [1.82, 2.24) is 10.3 Å². The lowest BCUT2D eigenvalue weighted by atomic mass is 10.0. The number of phenolic OH excluding ortho intramolecular Hbond substituents is 1. The highest BCUT2D eigenvalue weighted by molar-refractivity contribution is 5.84. The normalized spacial score (nSPS) is 11.3. The zero-order chi connectivity index (χ0) is 25.0. The number of fused-ring (bicyclic) bond motifs is 1. The van der Waals surface area contributed by atoms with Gasteiger partial charge in [0, 0.05) is 30.1 Å². The number of aromatic amines is 1. The summed E-state index contributed by atoms with van der Waals surface area (Å²) in [4.78, 5) is 15.3. The molecule has 1 amide bonds. The molecule has 35 heavy (non-hydrogen) atoms. The number of hydrogen-bond donors (Lipinski definition) is 3. The minimum atomic E-state index is 0.157. The first-order valence-corrected chi connectivity index (χ1v) is 14.8. The van der Waals surface area contributed by atoms with E-state index in [4.69, 9.17) is 0 Å². The molecule has 2 aromatic rings. The molecule has 0 atom stereocenters. The maximum atomic E-state index is 12.1. The van der Waals surface area contributed by atoms with Crippen molar-refractivity contribution >= 4 is 16.8 Å². The first-order chi connectivity index (χ1) is 17.2. The lowest BCUT2D eigenvalue weighted by molar-refractivity contribution is -0.121. The molecule has 0 unspecified atom stereocenters. The quantitative estimate of drug-likeness (QED) is 0.146. The Balaban J connectivity index is 1.32. The molecule has 1 heterocycles. The van der Waals surface area contributed by atoms with Crippen molar-refractivity contribution in [2.45, 2.75) is 135 Å². The third-order valence-corrected chi connectivity index (χ3v) is 7.22. The van der Waals surface area contributed by atoms with Crippen molar-refractivity contribution in [1.29, 1.82) is 0 Å². The van der Waals surface area contributed by atoms with Gasteiger partial charge in [-0.15, -0.1) is 0 Å². The Morgan fingerprint density at radius 2 is 1.29 bits per heavy atom. The zero-order valence-electron chi connectivity index (χ0n) is 22.5. The fourth-order valence-corrected chi connectivity index (χ4v) is 4.99. The predicted molar refractivity (Wildman–Crippen MR) is 150 cm³/mol. The lowest BCUT2D eigenvalue weighted by Crippen LogP contribution is -2.25. The van der Waals surface area contributed by atoms with Crippen LogP contribution in [0, 0.1) is 0 Å². The van der Waals surface area contributed by atoms with Gasteiger partial charge in [0.15, 0.2) is 0 Å². The monoisotopic (exact) mass is 484 g/mol. The summed E-state index contributed by atoms with van der Waals surface area (Å²) in [6, 6.07) is 5.34. The number of benzene rings is 1. The second kappa shape index (κ2) is 19.2. The predicted octanol–water partition coefficient (Wildman–Crippen LogP) is 8.96. The van der Waals surface area contributed by atoms with Crippen molar-refractivity contribution in [2.24, 2.45) is 0 Å². The average Bonchev–Trinajstić information content (AvgIpc) is 3.25. The van der Waals surface area contributed by atoms with Crippen LogP contribution in [0.25, 0.3) is 10.9 Å². The van der Waals surface area contributed by atoms with Crippen LogP contribution in [0.3, 0.4) is 0 Å². The van der Waals surface area contributed by atoms with E-state index in [0.717, 1.165) is 35.7 Å². The maximum absolute atomic E-state index is 12.1. The number of amides is 1. The summed E-state index contributed by atoms with van der Waals surface area (Å²) in [6.07, 6.45) is 27.9. The number of aromatic hydroxyl groups is 1. The number of nitrogens with one attached hydrogen (secondary N) is 2. The van der Waals surface area contributed by atoms with E-state index in [2.05, 4.69) is 17.2 Å². The third-order valence-electron chi connectivity index (χ3n) is 7.22. The Hall–Kier alpha value is -1.97. The van der Waals surface area contributed by atoms with E-state index < -0.39 is 0 Å². The van der Waals surface area contributed by atoms with Gasteiger partial charge in [-0.25, -0.2) is 0 Å². The van der Waals surface area contributed by atoms with E-state index in [1.54, 1.807) is 12.1 Å². The number of phenols is 1. The van der Waals surface area contributed by atoms with Crippen LogP contribution < -0.4 is 5.32 Å². The molecular weight excluding hydrogens is 432 g/mol. The molecule has 3 N–H and O–H groups in total. The molecule has 198 valence electrons. The van der Waals surface area contributed by atoms with Gasteiger partial charge in [-0.1, -0.05) is 116 Å². The number of carbonyl (C=O) groups excluding carboxylic acids is 1. The highest BCUT2D eigenvalue weighted by Crippen LogP contribution is 2.23. The van der Waals surface area contributed by atoms with Crippen molar-refractivity contribution in [3.63, 3.8) is 0 Å². The molecule has 1 aromatic carbocycles. The number of unbranched alkanes of at least 4 members (excludes halogenated alkanes) is 17. The summed E-state index contributed by atoms with van der Waals surface area (Å²) in [5.41, 5.74) is 2.15. The summed E-state index contributed by atoms with van der Waals surface area (Å²) in [5, 5.41) is 13.8. The van der Waals surface area contributed by atoms with E-state index in [1.807, 2.05) is 12.3 Å². The van der Waals surface area contributed by atoms with Crippen LogP contribution in [-0.4, -0.2) is 22.5 Å². The third kappa shape index (κ3) is 13.6. The zero-order valence-corrected chi connectivity index (χ0v) is 22.5. The molecule has 0 bridgehead atoms. The summed E-state index contributed by atoms with van der Waals surface area (Å²) in [6.45, 7) is 2.93. The van der Waals surface area contributed by atoms with Crippen molar-refractivity contribution in [3.8, 4) is 5.75 Å². The molecule has 0 saturated carbocycles. The minimum absolute atomic E-state index is 0.157. The number of aromatic nitrogens is 1. The highest BCUT2D eigenvalue weighted by atomic mass is 16.3. The molecule has 0 aliphatic rings. The van der Waals surface area contributed by atoms with Crippen LogP contribution in [0.15, 0.2) is 24.4 Å². The topological polar surface area (TPSA) is 65.1 Å². The second-order valence-corrected chi connectivity index (χ2v) is 10.4. The van der Waals surface area contributed by atoms with Crippen molar-refractivity contribution < 1.29 is 9.90 Å². The fraction of sp³-hybridized carbons (Fsp3) is 0.710. The Bertz CT molecular complexity index is 798. The van der Waals surface area contributed by atoms with E-state index in [1.165, 1.54) is 103 Å². The molecule has 0 spiro atoms. The molecule has 4 nitrogen and oxygen atoms in total. The van der Waals surface area contributed by atoms with Gasteiger partial charge in [0.1, 0.15) is 5.75 Å². The van der Waals surface area contributed by atoms with E-state index >= 15 is 0 Å². The van der Waals surface area contributed by atoms with Gasteiger partial charge < -0.3 is 15.4 Å². The van der Waals surface area contributed by atoms with Gasteiger partial charge >= 0.3 is 0 Å². The van der Waals surface area contributed by atoms with Crippen molar-refractivity contribution in [2.75, 3.05) is 6.54 Å².